The lowest BCUT2D eigenvalue weighted by Gasteiger charge is -2.00. The minimum absolute atomic E-state index is 0.178. The monoisotopic (exact) mass is 246 g/mol. The molecule has 0 bridgehead atoms. The highest BCUT2D eigenvalue weighted by Crippen LogP contribution is 2.37. The van der Waals surface area contributed by atoms with Crippen LogP contribution in [0.2, 0.25) is 0 Å². The summed E-state index contributed by atoms with van der Waals surface area (Å²) in [5.41, 5.74) is 1.02. The van der Waals surface area contributed by atoms with Crippen LogP contribution in [0.25, 0.3) is 10.2 Å². The molecule has 0 spiro atoms. The van der Waals surface area contributed by atoms with Gasteiger partial charge in [0.15, 0.2) is 0 Å². The van der Waals surface area contributed by atoms with E-state index in [1.807, 2.05) is 18.2 Å². The summed E-state index contributed by atoms with van der Waals surface area (Å²) in [7, 11) is 0. The molecular weight excluding hydrogens is 232 g/mol. The molecule has 0 radical (unpaired) electrons. The lowest BCUT2D eigenvalue weighted by molar-refractivity contribution is -0.122. The normalized spacial score (nSPS) is 22.6. The van der Waals surface area contributed by atoms with Gasteiger partial charge in [0.05, 0.1) is 16.8 Å². The molecule has 3 rings (SSSR count). The van der Waals surface area contributed by atoms with Gasteiger partial charge in [0.25, 0.3) is 0 Å². The van der Waals surface area contributed by atoms with Crippen molar-refractivity contribution in [1.29, 1.82) is 0 Å². The molecule has 88 valence electrons. The van der Waals surface area contributed by atoms with Crippen molar-refractivity contribution in [3.05, 3.63) is 29.3 Å². The van der Waals surface area contributed by atoms with Crippen LogP contribution in [-0.4, -0.2) is 10.9 Å². The first-order chi connectivity index (χ1) is 8.24. The molecule has 0 unspecified atom stereocenters. The molecule has 1 fully saturated rings. The molecule has 2 atom stereocenters. The summed E-state index contributed by atoms with van der Waals surface area (Å²) in [6.07, 6.45) is 1.03. The molecule has 1 heterocycles. The summed E-state index contributed by atoms with van der Waals surface area (Å²) in [4.78, 5) is 16.2. The van der Waals surface area contributed by atoms with Crippen LogP contribution in [0.15, 0.2) is 24.3 Å². The first-order valence-corrected chi connectivity index (χ1v) is 6.68. The van der Waals surface area contributed by atoms with Gasteiger partial charge in [0.1, 0.15) is 5.01 Å². The summed E-state index contributed by atoms with van der Waals surface area (Å²) in [5.74, 6) is 0.978. The number of carbonyl (C=O) groups is 1. The lowest BCUT2D eigenvalue weighted by atomic mass is 10.3. The standard InChI is InChI=1S/C13H14N2OS/c1-8-6-9(8)13(16)14-7-12-15-10-4-2-3-5-11(10)17-12/h2-5,8-9H,6-7H2,1H3,(H,14,16)/t8-,9+/m1/s1. The van der Waals surface area contributed by atoms with E-state index >= 15 is 0 Å². The summed E-state index contributed by atoms with van der Waals surface area (Å²) >= 11 is 1.65. The molecule has 1 aliphatic rings. The highest BCUT2D eigenvalue weighted by atomic mass is 32.1. The zero-order chi connectivity index (χ0) is 11.8. The van der Waals surface area contributed by atoms with Gasteiger partial charge < -0.3 is 5.32 Å². The fraction of sp³-hybridized carbons (Fsp3) is 0.385. The molecule has 0 aliphatic heterocycles. The Labute approximate surface area is 104 Å². The number of aromatic nitrogens is 1. The Hall–Kier alpha value is -1.42. The molecule has 4 heteroatoms. The van der Waals surface area contributed by atoms with Gasteiger partial charge in [0.2, 0.25) is 5.91 Å². The van der Waals surface area contributed by atoms with Gasteiger partial charge in [-0.15, -0.1) is 11.3 Å². The van der Waals surface area contributed by atoms with Gasteiger partial charge in [-0.3, -0.25) is 4.79 Å². The topological polar surface area (TPSA) is 42.0 Å². The first kappa shape index (κ1) is 10.7. The first-order valence-electron chi connectivity index (χ1n) is 5.86. The van der Waals surface area contributed by atoms with E-state index in [1.165, 1.54) is 4.70 Å². The van der Waals surface area contributed by atoms with Crippen LogP contribution in [-0.2, 0) is 11.3 Å². The predicted octanol–water partition coefficient (Wildman–Crippen LogP) is 2.57. The number of hydrogen-bond donors (Lipinski definition) is 1. The summed E-state index contributed by atoms with van der Waals surface area (Å²) in [6, 6.07) is 8.05. The molecule has 2 aromatic rings. The second-order valence-corrected chi connectivity index (χ2v) is 5.73. The molecule has 1 N–H and O–H groups in total. The van der Waals surface area contributed by atoms with Gasteiger partial charge in [0, 0.05) is 5.92 Å². The van der Waals surface area contributed by atoms with Gasteiger partial charge in [-0.1, -0.05) is 19.1 Å². The fourth-order valence-corrected chi connectivity index (χ4v) is 2.88. The van der Waals surface area contributed by atoms with Crippen molar-refractivity contribution >= 4 is 27.5 Å². The molecule has 1 aromatic heterocycles. The van der Waals surface area contributed by atoms with Crippen molar-refractivity contribution in [1.82, 2.24) is 10.3 Å². The molecular formula is C13H14N2OS. The number of para-hydroxylation sites is 1. The average Bonchev–Trinajstić information content (AvgIpc) is 2.92. The summed E-state index contributed by atoms with van der Waals surface area (Å²) < 4.78 is 1.18. The molecule has 0 saturated heterocycles. The number of carbonyl (C=O) groups excluding carboxylic acids is 1. The zero-order valence-electron chi connectivity index (χ0n) is 9.64. The molecule has 1 aromatic carbocycles. The third-order valence-electron chi connectivity index (χ3n) is 3.20. The van der Waals surface area contributed by atoms with Crippen LogP contribution in [0.4, 0.5) is 0 Å². The summed E-state index contributed by atoms with van der Waals surface area (Å²) in [6.45, 7) is 2.67. The number of amides is 1. The Bertz CT molecular complexity index is 530. The van der Waals surface area contributed by atoms with E-state index in [0.29, 0.717) is 12.5 Å². The Balaban J connectivity index is 1.66. The van der Waals surface area contributed by atoms with Crippen LogP contribution in [0.1, 0.15) is 18.4 Å². The van der Waals surface area contributed by atoms with E-state index in [0.717, 1.165) is 16.9 Å². The minimum atomic E-state index is 0.178. The van der Waals surface area contributed by atoms with Crippen molar-refractivity contribution in [3.8, 4) is 0 Å². The number of rotatable bonds is 3. The van der Waals surface area contributed by atoms with Crippen LogP contribution >= 0.6 is 11.3 Å². The van der Waals surface area contributed by atoms with E-state index in [2.05, 4.69) is 23.3 Å². The fourth-order valence-electron chi connectivity index (χ4n) is 1.98. The van der Waals surface area contributed by atoms with Gasteiger partial charge in [-0.05, 0) is 24.5 Å². The van der Waals surface area contributed by atoms with Crippen LogP contribution in [0, 0.1) is 11.8 Å². The highest BCUT2D eigenvalue weighted by molar-refractivity contribution is 7.18. The maximum absolute atomic E-state index is 11.7. The number of nitrogens with one attached hydrogen (secondary N) is 1. The Morgan fingerprint density at radius 1 is 1.53 bits per heavy atom. The molecule has 1 aliphatic carbocycles. The van der Waals surface area contributed by atoms with Crippen molar-refractivity contribution in [2.75, 3.05) is 0 Å². The number of thiazole rings is 1. The number of hydrogen-bond acceptors (Lipinski definition) is 3. The highest BCUT2D eigenvalue weighted by Gasteiger charge is 2.38. The lowest BCUT2D eigenvalue weighted by Crippen LogP contribution is -2.24. The Kier molecular flexibility index (Phi) is 2.59. The van der Waals surface area contributed by atoms with Crippen LogP contribution < -0.4 is 5.32 Å². The van der Waals surface area contributed by atoms with Gasteiger partial charge in [-0.25, -0.2) is 4.98 Å². The van der Waals surface area contributed by atoms with E-state index in [-0.39, 0.29) is 11.8 Å². The Morgan fingerprint density at radius 2 is 2.29 bits per heavy atom. The third-order valence-corrected chi connectivity index (χ3v) is 4.23. The molecule has 3 nitrogen and oxygen atoms in total. The SMILES string of the molecule is C[C@@H]1C[C@@H]1C(=O)NCc1nc2ccccc2s1. The maximum atomic E-state index is 11.7. The smallest absolute Gasteiger partial charge is 0.223 e. The van der Waals surface area contributed by atoms with E-state index < -0.39 is 0 Å². The van der Waals surface area contributed by atoms with E-state index in [9.17, 15) is 4.79 Å². The molecule has 1 saturated carbocycles. The largest absolute Gasteiger partial charge is 0.349 e. The van der Waals surface area contributed by atoms with Gasteiger partial charge >= 0.3 is 0 Å². The molecule has 1 amide bonds. The van der Waals surface area contributed by atoms with Crippen molar-refractivity contribution < 1.29 is 4.79 Å². The molecule has 17 heavy (non-hydrogen) atoms. The Morgan fingerprint density at radius 3 is 3.00 bits per heavy atom. The number of benzene rings is 1. The average molecular weight is 246 g/mol. The van der Waals surface area contributed by atoms with Crippen LogP contribution in [0.3, 0.4) is 0 Å². The second-order valence-electron chi connectivity index (χ2n) is 4.61. The quantitative estimate of drug-likeness (QED) is 0.904. The van der Waals surface area contributed by atoms with Crippen molar-refractivity contribution in [3.63, 3.8) is 0 Å². The van der Waals surface area contributed by atoms with Crippen LogP contribution in [0.5, 0.6) is 0 Å². The number of fused-ring (bicyclic) bond motifs is 1. The van der Waals surface area contributed by atoms with E-state index in [4.69, 9.17) is 0 Å². The van der Waals surface area contributed by atoms with Crippen molar-refractivity contribution in [2.24, 2.45) is 11.8 Å². The van der Waals surface area contributed by atoms with Crippen molar-refractivity contribution in [2.45, 2.75) is 19.9 Å². The maximum Gasteiger partial charge on any atom is 0.223 e. The minimum Gasteiger partial charge on any atom is -0.349 e. The third kappa shape index (κ3) is 2.17. The zero-order valence-corrected chi connectivity index (χ0v) is 10.5. The van der Waals surface area contributed by atoms with E-state index in [1.54, 1.807) is 11.3 Å². The predicted molar refractivity (Wildman–Crippen MR) is 68.7 cm³/mol. The summed E-state index contributed by atoms with van der Waals surface area (Å²) in [5, 5.41) is 3.94. The second kappa shape index (κ2) is 4.11. The van der Waals surface area contributed by atoms with Gasteiger partial charge in [-0.2, -0.15) is 0 Å². The number of nitrogens with zero attached hydrogens (tertiary/aromatic N) is 1.